The van der Waals surface area contributed by atoms with Crippen LogP contribution in [0.25, 0.3) is 10.9 Å². The number of nitrogens with two attached hydrogens (primary N) is 1. The Hall–Kier alpha value is -1.46. The molecular formula is C16H21N3OS. The molecule has 2 aromatic rings. The number of H-pyrrole nitrogens is 1. The molecule has 0 saturated heterocycles. The predicted molar refractivity (Wildman–Crippen MR) is 86.7 cm³/mol. The van der Waals surface area contributed by atoms with Crippen LogP contribution in [0.5, 0.6) is 0 Å². The maximum absolute atomic E-state index is 12.1. The van der Waals surface area contributed by atoms with Gasteiger partial charge in [0.1, 0.15) is 0 Å². The smallest absolute Gasteiger partial charge is 0.233 e. The Morgan fingerprint density at radius 1 is 1.33 bits per heavy atom. The van der Waals surface area contributed by atoms with Crippen LogP contribution in [0, 0.1) is 17.8 Å². The lowest BCUT2D eigenvalue weighted by Crippen LogP contribution is -2.18. The summed E-state index contributed by atoms with van der Waals surface area (Å²) in [5.74, 6) is 2.03. The van der Waals surface area contributed by atoms with E-state index in [4.69, 9.17) is 0 Å². The molecule has 112 valence electrons. The highest BCUT2D eigenvalue weighted by molar-refractivity contribution is 7.98. The van der Waals surface area contributed by atoms with E-state index in [0.29, 0.717) is 5.92 Å². The Bertz CT molecular complexity index is 635. The van der Waals surface area contributed by atoms with Crippen molar-refractivity contribution in [2.24, 2.45) is 23.5 Å². The summed E-state index contributed by atoms with van der Waals surface area (Å²) >= 11 is 1.43. The molecule has 1 aromatic heterocycles. The molecule has 2 aliphatic carbocycles. The van der Waals surface area contributed by atoms with E-state index in [0.717, 1.165) is 22.8 Å². The molecule has 1 amide bonds. The van der Waals surface area contributed by atoms with Crippen LogP contribution >= 0.6 is 11.9 Å². The molecule has 4 rings (SSSR count). The fourth-order valence-electron chi connectivity index (χ4n) is 2.88. The van der Waals surface area contributed by atoms with E-state index in [2.05, 4.69) is 21.5 Å². The lowest BCUT2D eigenvalue weighted by molar-refractivity contribution is -0.120. The zero-order valence-corrected chi connectivity index (χ0v) is 13.0. The fraction of sp³-hybridized carbons (Fsp3) is 0.438. The SMILES string of the molecule is CN.O=C(NSc1cccc2cc[nH]c12)[C@H]1CC1C1CC1. The molecule has 0 spiro atoms. The van der Waals surface area contributed by atoms with Crippen molar-refractivity contribution in [1.82, 2.24) is 9.71 Å². The van der Waals surface area contributed by atoms with Crippen LogP contribution in [-0.2, 0) is 4.79 Å². The van der Waals surface area contributed by atoms with Crippen LogP contribution in [-0.4, -0.2) is 17.9 Å². The third kappa shape index (κ3) is 3.09. The van der Waals surface area contributed by atoms with Gasteiger partial charge in [-0.25, -0.2) is 0 Å². The molecule has 0 radical (unpaired) electrons. The number of carbonyl (C=O) groups excluding carboxylic acids is 1. The molecule has 0 bridgehead atoms. The molecule has 1 aromatic carbocycles. The van der Waals surface area contributed by atoms with Crippen molar-refractivity contribution >= 4 is 28.8 Å². The summed E-state index contributed by atoms with van der Waals surface area (Å²) < 4.78 is 3.01. The van der Waals surface area contributed by atoms with E-state index in [-0.39, 0.29) is 11.8 Å². The Morgan fingerprint density at radius 3 is 2.90 bits per heavy atom. The van der Waals surface area contributed by atoms with Crippen LogP contribution in [0.4, 0.5) is 0 Å². The van der Waals surface area contributed by atoms with Crippen molar-refractivity contribution in [2.75, 3.05) is 7.05 Å². The molecule has 1 unspecified atom stereocenters. The van der Waals surface area contributed by atoms with E-state index in [9.17, 15) is 4.79 Å². The number of benzene rings is 1. The number of hydrogen-bond acceptors (Lipinski definition) is 3. The number of carbonyl (C=O) groups is 1. The van der Waals surface area contributed by atoms with Crippen molar-refractivity contribution in [2.45, 2.75) is 24.2 Å². The third-order valence-corrected chi connectivity index (χ3v) is 5.08. The summed E-state index contributed by atoms with van der Waals surface area (Å²) in [5, 5.41) is 1.18. The average molecular weight is 303 g/mol. The van der Waals surface area contributed by atoms with E-state index in [1.165, 1.54) is 37.2 Å². The molecule has 2 saturated carbocycles. The average Bonchev–Trinajstić information content (AvgIpc) is 3.42. The molecule has 0 aliphatic heterocycles. The van der Waals surface area contributed by atoms with Crippen molar-refractivity contribution in [3.63, 3.8) is 0 Å². The first kappa shape index (κ1) is 14.5. The molecular weight excluding hydrogens is 282 g/mol. The first-order chi connectivity index (χ1) is 10.3. The standard InChI is InChI=1S/C15H16N2OS.CH5N/c18-15(12-8-11(12)9-4-5-9)17-19-13-3-1-2-10-6-7-16-14(10)13;1-2/h1-3,6-7,9,11-12,16H,4-5,8H2,(H,17,18);2H2,1H3/t11?,12-;/m0./s1. The molecule has 5 heteroatoms. The van der Waals surface area contributed by atoms with Crippen LogP contribution in [0.2, 0.25) is 0 Å². The van der Waals surface area contributed by atoms with Crippen molar-refractivity contribution < 1.29 is 4.79 Å². The molecule has 1 heterocycles. The van der Waals surface area contributed by atoms with Crippen LogP contribution in [0.1, 0.15) is 19.3 Å². The van der Waals surface area contributed by atoms with Gasteiger partial charge in [0.25, 0.3) is 0 Å². The second-order valence-corrected chi connectivity index (χ2v) is 6.46. The van der Waals surface area contributed by atoms with Crippen LogP contribution in [0.15, 0.2) is 35.4 Å². The number of fused-ring (bicyclic) bond motifs is 1. The Kier molecular flexibility index (Phi) is 4.22. The Labute approximate surface area is 129 Å². The van der Waals surface area contributed by atoms with Crippen molar-refractivity contribution in [3.05, 3.63) is 30.5 Å². The summed E-state index contributed by atoms with van der Waals surface area (Å²) in [6, 6.07) is 8.18. The van der Waals surface area contributed by atoms with Gasteiger partial charge in [-0.3, -0.25) is 9.52 Å². The highest BCUT2D eigenvalue weighted by Crippen LogP contribution is 2.54. The van der Waals surface area contributed by atoms with Gasteiger partial charge in [-0.1, -0.05) is 12.1 Å². The largest absolute Gasteiger partial charge is 0.360 e. The third-order valence-electron chi connectivity index (χ3n) is 4.21. The highest BCUT2D eigenvalue weighted by atomic mass is 32.2. The van der Waals surface area contributed by atoms with Crippen molar-refractivity contribution in [1.29, 1.82) is 0 Å². The van der Waals surface area contributed by atoms with Gasteiger partial charge in [0.2, 0.25) is 5.91 Å². The number of nitrogens with one attached hydrogen (secondary N) is 2. The normalized spacial score (nSPS) is 23.3. The summed E-state index contributed by atoms with van der Waals surface area (Å²) in [5.41, 5.74) is 5.60. The summed E-state index contributed by atoms with van der Waals surface area (Å²) in [7, 11) is 1.50. The minimum absolute atomic E-state index is 0.213. The topological polar surface area (TPSA) is 70.9 Å². The molecule has 4 nitrogen and oxygen atoms in total. The zero-order chi connectivity index (χ0) is 14.8. The number of amides is 1. The van der Waals surface area contributed by atoms with Gasteiger partial charge in [-0.15, -0.1) is 0 Å². The molecule has 4 N–H and O–H groups in total. The quantitative estimate of drug-likeness (QED) is 0.761. The minimum Gasteiger partial charge on any atom is -0.360 e. The van der Waals surface area contributed by atoms with E-state index >= 15 is 0 Å². The van der Waals surface area contributed by atoms with Gasteiger partial charge in [0.15, 0.2) is 0 Å². The predicted octanol–water partition coefficient (Wildman–Crippen LogP) is 2.91. The maximum atomic E-state index is 12.1. The number of aromatic amines is 1. The molecule has 2 atom stereocenters. The van der Waals surface area contributed by atoms with Gasteiger partial charge >= 0.3 is 0 Å². The zero-order valence-electron chi connectivity index (χ0n) is 12.1. The minimum atomic E-state index is 0.213. The molecule has 2 fully saturated rings. The van der Waals surface area contributed by atoms with Gasteiger partial charge in [-0.2, -0.15) is 0 Å². The molecule has 2 aliphatic rings. The van der Waals surface area contributed by atoms with E-state index < -0.39 is 0 Å². The van der Waals surface area contributed by atoms with E-state index in [1.807, 2.05) is 24.4 Å². The first-order valence-corrected chi connectivity index (χ1v) is 8.25. The number of hydrogen-bond donors (Lipinski definition) is 3. The number of rotatable bonds is 4. The first-order valence-electron chi connectivity index (χ1n) is 7.43. The van der Waals surface area contributed by atoms with E-state index in [1.54, 1.807) is 0 Å². The second kappa shape index (κ2) is 6.12. The lowest BCUT2D eigenvalue weighted by Gasteiger charge is -2.05. The number of para-hydroxylation sites is 1. The molecule has 21 heavy (non-hydrogen) atoms. The maximum Gasteiger partial charge on any atom is 0.233 e. The summed E-state index contributed by atoms with van der Waals surface area (Å²) in [4.78, 5) is 16.4. The monoisotopic (exact) mass is 303 g/mol. The van der Waals surface area contributed by atoms with Crippen LogP contribution in [0.3, 0.4) is 0 Å². The highest BCUT2D eigenvalue weighted by Gasteiger charge is 2.51. The van der Waals surface area contributed by atoms with Crippen LogP contribution < -0.4 is 10.5 Å². The summed E-state index contributed by atoms with van der Waals surface area (Å²) in [6.07, 6.45) is 5.71. The lowest BCUT2D eigenvalue weighted by atomic mass is 10.2. The van der Waals surface area contributed by atoms with Gasteiger partial charge in [0, 0.05) is 17.5 Å². The Balaban J connectivity index is 0.000000636. The van der Waals surface area contributed by atoms with Crippen molar-refractivity contribution in [3.8, 4) is 0 Å². The van der Waals surface area contributed by atoms with Gasteiger partial charge < -0.3 is 10.7 Å². The fourth-order valence-corrected chi connectivity index (χ4v) is 3.67. The number of aromatic nitrogens is 1. The van der Waals surface area contributed by atoms with Gasteiger partial charge in [-0.05, 0) is 62.2 Å². The second-order valence-electron chi connectivity index (χ2n) is 5.61. The van der Waals surface area contributed by atoms with Gasteiger partial charge in [0.05, 0.1) is 10.4 Å². The summed E-state index contributed by atoms with van der Waals surface area (Å²) in [6.45, 7) is 0. The Morgan fingerprint density at radius 2 is 2.14 bits per heavy atom.